The van der Waals surface area contributed by atoms with Crippen LogP contribution < -0.4 is 10.6 Å². The van der Waals surface area contributed by atoms with Crippen LogP contribution in [0.4, 0.5) is 5.82 Å². The fourth-order valence-electron chi connectivity index (χ4n) is 2.56. The zero-order valence-corrected chi connectivity index (χ0v) is 14.6. The molecule has 2 N–H and O–H groups in total. The number of rotatable bonds is 6. The smallest absolute Gasteiger partial charge is 0.251 e. The van der Waals surface area contributed by atoms with E-state index >= 15 is 0 Å². The van der Waals surface area contributed by atoms with E-state index in [0.29, 0.717) is 5.56 Å². The standard InChI is InChI=1S/C18H20N4OS/c1-3-14-10-15-16(21-11-22-18(15)24-14)20-8-7-12-5-4-6-13(9-12)17(23)19-2/h4-6,9-11H,3,7-8H2,1-2H3,(H,19,23)(H,20,21,22). The number of benzene rings is 1. The van der Waals surface area contributed by atoms with Crippen LogP contribution in [0.5, 0.6) is 0 Å². The van der Waals surface area contributed by atoms with Crippen molar-refractivity contribution >= 4 is 33.3 Å². The van der Waals surface area contributed by atoms with Gasteiger partial charge in [-0.3, -0.25) is 4.79 Å². The number of aryl methyl sites for hydroxylation is 1. The van der Waals surface area contributed by atoms with Crippen molar-refractivity contribution in [2.75, 3.05) is 18.9 Å². The van der Waals surface area contributed by atoms with E-state index in [9.17, 15) is 4.79 Å². The Hall–Kier alpha value is -2.47. The van der Waals surface area contributed by atoms with Crippen LogP contribution in [0.15, 0.2) is 36.7 Å². The van der Waals surface area contributed by atoms with Gasteiger partial charge in [-0.1, -0.05) is 19.1 Å². The fraction of sp³-hybridized carbons (Fsp3) is 0.278. The van der Waals surface area contributed by atoms with Gasteiger partial charge in [0, 0.05) is 24.0 Å². The number of carbonyl (C=O) groups excluding carboxylic acids is 1. The predicted molar refractivity (Wildman–Crippen MR) is 98.8 cm³/mol. The molecule has 0 fully saturated rings. The lowest BCUT2D eigenvalue weighted by Crippen LogP contribution is -2.18. The molecule has 2 aromatic heterocycles. The van der Waals surface area contributed by atoms with Gasteiger partial charge in [-0.05, 0) is 36.6 Å². The Morgan fingerprint density at radius 1 is 1.25 bits per heavy atom. The minimum atomic E-state index is -0.0623. The van der Waals surface area contributed by atoms with Crippen LogP contribution in [0.3, 0.4) is 0 Å². The van der Waals surface area contributed by atoms with E-state index in [1.807, 2.05) is 24.3 Å². The molecule has 0 saturated heterocycles. The lowest BCUT2D eigenvalue weighted by atomic mass is 10.1. The summed E-state index contributed by atoms with van der Waals surface area (Å²) in [5, 5.41) is 7.12. The van der Waals surface area contributed by atoms with Gasteiger partial charge in [-0.2, -0.15) is 0 Å². The van der Waals surface area contributed by atoms with Crippen LogP contribution in [-0.4, -0.2) is 29.5 Å². The second kappa shape index (κ2) is 7.40. The highest BCUT2D eigenvalue weighted by Crippen LogP contribution is 2.28. The Bertz CT molecular complexity index is 859. The molecule has 3 aromatic rings. The van der Waals surface area contributed by atoms with E-state index in [0.717, 1.165) is 41.0 Å². The van der Waals surface area contributed by atoms with Gasteiger partial charge in [0.2, 0.25) is 0 Å². The van der Waals surface area contributed by atoms with Gasteiger partial charge < -0.3 is 10.6 Å². The van der Waals surface area contributed by atoms with Crippen LogP contribution >= 0.6 is 11.3 Å². The molecule has 3 rings (SSSR count). The van der Waals surface area contributed by atoms with Crippen molar-refractivity contribution in [2.24, 2.45) is 0 Å². The molecular weight excluding hydrogens is 320 g/mol. The highest BCUT2D eigenvalue weighted by atomic mass is 32.1. The molecule has 0 saturated carbocycles. The summed E-state index contributed by atoms with van der Waals surface area (Å²) in [6.07, 6.45) is 3.43. The van der Waals surface area contributed by atoms with Gasteiger partial charge in [0.05, 0.1) is 5.39 Å². The minimum Gasteiger partial charge on any atom is -0.369 e. The third-order valence-corrected chi connectivity index (χ3v) is 5.04. The molecular formula is C18H20N4OS. The van der Waals surface area contributed by atoms with Gasteiger partial charge in [-0.25, -0.2) is 9.97 Å². The largest absolute Gasteiger partial charge is 0.369 e. The predicted octanol–water partition coefficient (Wildman–Crippen LogP) is 3.27. The molecule has 0 atom stereocenters. The van der Waals surface area contributed by atoms with Gasteiger partial charge in [0.15, 0.2) is 0 Å². The number of carbonyl (C=O) groups is 1. The molecule has 0 spiro atoms. The molecule has 124 valence electrons. The highest BCUT2D eigenvalue weighted by molar-refractivity contribution is 7.18. The number of hydrogen-bond donors (Lipinski definition) is 2. The van der Waals surface area contributed by atoms with Crippen LogP contribution in [0, 0.1) is 0 Å². The summed E-state index contributed by atoms with van der Waals surface area (Å²) in [7, 11) is 1.64. The normalized spacial score (nSPS) is 10.8. The molecule has 1 aromatic carbocycles. The summed E-state index contributed by atoms with van der Waals surface area (Å²) in [5.74, 6) is 0.811. The van der Waals surface area contributed by atoms with E-state index in [1.54, 1.807) is 24.7 Å². The Balaban J connectivity index is 1.69. The van der Waals surface area contributed by atoms with E-state index in [1.165, 1.54) is 4.88 Å². The zero-order valence-electron chi connectivity index (χ0n) is 13.8. The van der Waals surface area contributed by atoms with Crippen molar-refractivity contribution in [3.05, 3.63) is 52.7 Å². The molecule has 6 heteroatoms. The van der Waals surface area contributed by atoms with E-state index < -0.39 is 0 Å². The third kappa shape index (κ3) is 3.54. The molecule has 0 aliphatic carbocycles. The summed E-state index contributed by atoms with van der Waals surface area (Å²) in [4.78, 5) is 22.7. The van der Waals surface area contributed by atoms with E-state index in [4.69, 9.17) is 0 Å². The van der Waals surface area contributed by atoms with Crippen LogP contribution in [0.25, 0.3) is 10.2 Å². The average molecular weight is 340 g/mol. The number of anilines is 1. The number of thiophene rings is 1. The second-order valence-electron chi connectivity index (χ2n) is 5.46. The number of nitrogens with one attached hydrogen (secondary N) is 2. The molecule has 0 unspecified atom stereocenters. The van der Waals surface area contributed by atoms with Gasteiger partial charge in [-0.15, -0.1) is 11.3 Å². The lowest BCUT2D eigenvalue weighted by molar-refractivity contribution is 0.0963. The number of aromatic nitrogens is 2. The summed E-state index contributed by atoms with van der Waals surface area (Å²) in [6, 6.07) is 9.85. The Morgan fingerprint density at radius 3 is 2.92 bits per heavy atom. The third-order valence-electron chi connectivity index (χ3n) is 3.85. The van der Waals surface area contributed by atoms with Gasteiger partial charge in [0.1, 0.15) is 17.0 Å². The van der Waals surface area contributed by atoms with E-state index in [2.05, 4.69) is 33.6 Å². The van der Waals surface area contributed by atoms with Crippen molar-refractivity contribution in [3.8, 4) is 0 Å². The Kier molecular flexibility index (Phi) is 5.05. The van der Waals surface area contributed by atoms with Gasteiger partial charge >= 0.3 is 0 Å². The van der Waals surface area contributed by atoms with Crippen LogP contribution in [-0.2, 0) is 12.8 Å². The van der Waals surface area contributed by atoms with Crippen molar-refractivity contribution in [1.82, 2.24) is 15.3 Å². The molecule has 0 radical (unpaired) electrons. The average Bonchev–Trinajstić information content (AvgIpc) is 3.05. The summed E-state index contributed by atoms with van der Waals surface area (Å²) >= 11 is 1.71. The van der Waals surface area contributed by atoms with Gasteiger partial charge in [0.25, 0.3) is 5.91 Å². The molecule has 0 bridgehead atoms. The summed E-state index contributed by atoms with van der Waals surface area (Å²) in [5.41, 5.74) is 1.80. The summed E-state index contributed by atoms with van der Waals surface area (Å²) < 4.78 is 0. The number of amides is 1. The molecule has 0 aliphatic rings. The first-order valence-corrected chi connectivity index (χ1v) is 8.81. The Labute approximate surface area is 145 Å². The second-order valence-corrected chi connectivity index (χ2v) is 6.58. The highest BCUT2D eigenvalue weighted by Gasteiger charge is 2.08. The monoisotopic (exact) mass is 340 g/mol. The molecule has 0 aliphatic heterocycles. The van der Waals surface area contributed by atoms with Crippen LogP contribution in [0.2, 0.25) is 0 Å². The molecule has 5 nitrogen and oxygen atoms in total. The molecule has 2 heterocycles. The molecule has 1 amide bonds. The number of hydrogen-bond acceptors (Lipinski definition) is 5. The quantitative estimate of drug-likeness (QED) is 0.723. The Morgan fingerprint density at radius 2 is 2.12 bits per heavy atom. The number of nitrogens with zero attached hydrogens (tertiary/aromatic N) is 2. The van der Waals surface area contributed by atoms with E-state index in [-0.39, 0.29) is 5.91 Å². The minimum absolute atomic E-state index is 0.0623. The first-order chi connectivity index (χ1) is 11.7. The first kappa shape index (κ1) is 16.4. The SMILES string of the molecule is CCc1cc2c(NCCc3cccc(C(=O)NC)c3)ncnc2s1. The first-order valence-electron chi connectivity index (χ1n) is 7.99. The van der Waals surface area contributed by atoms with Crippen molar-refractivity contribution in [1.29, 1.82) is 0 Å². The van der Waals surface area contributed by atoms with Crippen molar-refractivity contribution < 1.29 is 4.79 Å². The van der Waals surface area contributed by atoms with Crippen LogP contribution in [0.1, 0.15) is 27.7 Å². The van der Waals surface area contributed by atoms with Crippen molar-refractivity contribution in [3.63, 3.8) is 0 Å². The maximum Gasteiger partial charge on any atom is 0.251 e. The number of fused-ring (bicyclic) bond motifs is 1. The zero-order chi connectivity index (χ0) is 16.9. The van der Waals surface area contributed by atoms with Crippen molar-refractivity contribution in [2.45, 2.75) is 19.8 Å². The fourth-order valence-corrected chi connectivity index (χ4v) is 3.49. The lowest BCUT2D eigenvalue weighted by Gasteiger charge is -2.07. The topological polar surface area (TPSA) is 66.9 Å². The maximum absolute atomic E-state index is 11.7. The maximum atomic E-state index is 11.7. The summed E-state index contributed by atoms with van der Waals surface area (Å²) in [6.45, 7) is 2.89. The molecule has 24 heavy (non-hydrogen) atoms.